The number of nitrogens with two attached hydrogens (primary N) is 1. The van der Waals surface area contributed by atoms with Gasteiger partial charge >= 0.3 is 6.03 Å². The van der Waals surface area contributed by atoms with Crippen molar-refractivity contribution in [2.24, 2.45) is 5.73 Å². The third-order valence-corrected chi connectivity index (χ3v) is 4.51. The number of amides is 3. The zero-order valence-corrected chi connectivity index (χ0v) is 14.9. The highest BCUT2D eigenvalue weighted by atomic mass is 16.3. The van der Waals surface area contributed by atoms with E-state index in [1.54, 1.807) is 6.92 Å². The Balaban J connectivity index is 1.98. The highest BCUT2D eigenvalue weighted by Gasteiger charge is 2.25. The van der Waals surface area contributed by atoms with Gasteiger partial charge in [0.05, 0.1) is 18.6 Å². The molecule has 2 rings (SSSR count). The van der Waals surface area contributed by atoms with Crippen molar-refractivity contribution in [2.75, 3.05) is 32.7 Å². The first-order chi connectivity index (χ1) is 11.9. The van der Waals surface area contributed by atoms with Gasteiger partial charge in [-0.1, -0.05) is 24.3 Å². The summed E-state index contributed by atoms with van der Waals surface area (Å²) < 4.78 is 0. The molecule has 25 heavy (non-hydrogen) atoms. The molecular weight excluding hydrogens is 320 g/mol. The van der Waals surface area contributed by atoms with Gasteiger partial charge in [-0.05, 0) is 25.0 Å². The van der Waals surface area contributed by atoms with Crippen molar-refractivity contribution in [3.8, 4) is 0 Å². The van der Waals surface area contributed by atoms with Gasteiger partial charge in [0.25, 0.3) is 0 Å². The van der Waals surface area contributed by atoms with Crippen LogP contribution < -0.4 is 11.1 Å². The lowest BCUT2D eigenvalue weighted by Gasteiger charge is -2.36. The summed E-state index contributed by atoms with van der Waals surface area (Å²) in [6.07, 6.45) is -0.183. The maximum atomic E-state index is 12.7. The molecule has 7 heteroatoms. The third kappa shape index (κ3) is 5.72. The number of aryl methyl sites for hydroxylation is 1. The van der Waals surface area contributed by atoms with Crippen LogP contribution >= 0.6 is 0 Å². The Morgan fingerprint density at radius 2 is 1.88 bits per heavy atom. The average molecular weight is 348 g/mol. The first kappa shape index (κ1) is 19.2. The van der Waals surface area contributed by atoms with Gasteiger partial charge in [-0.25, -0.2) is 4.79 Å². The number of piperazine rings is 1. The van der Waals surface area contributed by atoms with Crippen LogP contribution in [0.4, 0.5) is 4.79 Å². The number of hydrogen-bond acceptors (Lipinski definition) is 4. The number of benzene rings is 1. The molecule has 0 saturated carbocycles. The average Bonchev–Trinajstić information content (AvgIpc) is 2.54. The van der Waals surface area contributed by atoms with Crippen LogP contribution in [0.2, 0.25) is 0 Å². The number of aliphatic hydroxyl groups excluding tert-OH is 1. The molecule has 0 radical (unpaired) electrons. The number of aliphatic hydroxyl groups is 1. The monoisotopic (exact) mass is 348 g/mol. The fourth-order valence-corrected chi connectivity index (χ4v) is 3.25. The van der Waals surface area contributed by atoms with Gasteiger partial charge in [0.1, 0.15) is 0 Å². The predicted octanol–water partition coefficient (Wildman–Crippen LogP) is 0.620. The van der Waals surface area contributed by atoms with Crippen molar-refractivity contribution in [1.82, 2.24) is 15.1 Å². The smallest absolute Gasteiger partial charge is 0.312 e. The van der Waals surface area contributed by atoms with E-state index >= 15 is 0 Å². The Hall–Kier alpha value is -2.12. The number of β-amino-alcohol motifs (C(OH)–C–C–N with tert-alkyl or cyclic N) is 1. The Morgan fingerprint density at radius 1 is 1.24 bits per heavy atom. The summed E-state index contributed by atoms with van der Waals surface area (Å²) in [4.78, 5) is 28.0. The van der Waals surface area contributed by atoms with Crippen molar-refractivity contribution < 1.29 is 14.7 Å². The molecule has 4 N–H and O–H groups in total. The standard InChI is InChI=1S/C18H28N4O3/c1-13-5-3-4-6-15(13)16(20-18(19)25)11-17(24)22-9-7-21(8-10-22)12-14(2)23/h3-6,14,16,23H,7-12H2,1-2H3,(H3,19,20,25)/t14-,16-/m1/s1. The van der Waals surface area contributed by atoms with Crippen LogP contribution in [0.15, 0.2) is 24.3 Å². The molecule has 0 aliphatic carbocycles. The Morgan fingerprint density at radius 3 is 2.44 bits per heavy atom. The van der Waals surface area contributed by atoms with Gasteiger partial charge in [0, 0.05) is 32.7 Å². The summed E-state index contributed by atoms with van der Waals surface area (Å²) in [5.41, 5.74) is 7.21. The van der Waals surface area contributed by atoms with Gasteiger partial charge < -0.3 is 21.1 Å². The fourth-order valence-electron chi connectivity index (χ4n) is 3.25. The summed E-state index contributed by atoms with van der Waals surface area (Å²) in [5, 5.41) is 12.2. The molecule has 1 aliphatic rings. The fraction of sp³-hybridized carbons (Fsp3) is 0.556. The summed E-state index contributed by atoms with van der Waals surface area (Å²) in [5.74, 6) is -0.00120. The van der Waals surface area contributed by atoms with E-state index in [2.05, 4.69) is 10.2 Å². The lowest BCUT2D eigenvalue weighted by Crippen LogP contribution is -2.50. The highest BCUT2D eigenvalue weighted by molar-refractivity contribution is 5.79. The molecule has 1 aromatic rings. The maximum absolute atomic E-state index is 12.7. The van der Waals surface area contributed by atoms with Gasteiger partial charge in [-0.15, -0.1) is 0 Å². The highest BCUT2D eigenvalue weighted by Crippen LogP contribution is 2.22. The molecule has 138 valence electrons. The predicted molar refractivity (Wildman–Crippen MR) is 96.0 cm³/mol. The lowest BCUT2D eigenvalue weighted by molar-refractivity contribution is -0.133. The Labute approximate surface area is 148 Å². The number of carbonyl (C=O) groups excluding carboxylic acids is 2. The van der Waals surface area contributed by atoms with Crippen LogP contribution in [0.3, 0.4) is 0 Å². The first-order valence-corrected chi connectivity index (χ1v) is 8.66. The van der Waals surface area contributed by atoms with Crippen LogP contribution in [0.25, 0.3) is 0 Å². The van der Waals surface area contributed by atoms with Crippen LogP contribution in [0.5, 0.6) is 0 Å². The van der Waals surface area contributed by atoms with Crippen molar-refractivity contribution in [3.63, 3.8) is 0 Å². The van der Waals surface area contributed by atoms with E-state index in [1.807, 2.05) is 36.1 Å². The second kappa shape index (κ2) is 8.82. The molecule has 0 spiro atoms. The van der Waals surface area contributed by atoms with E-state index < -0.39 is 12.1 Å². The van der Waals surface area contributed by atoms with Crippen LogP contribution in [-0.2, 0) is 4.79 Å². The summed E-state index contributed by atoms with van der Waals surface area (Å²) >= 11 is 0. The van der Waals surface area contributed by atoms with E-state index in [1.165, 1.54) is 0 Å². The topological polar surface area (TPSA) is 98.9 Å². The summed E-state index contributed by atoms with van der Waals surface area (Å²) in [7, 11) is 0. The van der Waals surface area contributed by atoms with E-state index in [9.17, 15) is 14.7 Å². The molecule has 1 fully saturated rings. The van der Waals surface area contributed by atoms with Gasteiger partial charge in [0.2, 0.25) is 5.91 Å². The number of nitrogens with zero attached hydrogens (tertiary/aromatic N) is 2. The SMILES string of the molecule is Cc1ccccc1[C@@H](CC(=O)N1CCN(C[C@@H](C)O)CC1)NC(N)=O. The van der Waals surface area contributed by atoms with E-state index in [0.29, 0.717) is 19.6 Å². The number of urea groups is 1. The lowest BCUT2D eigenvalue weighted by atomic mass is 9.98. The number of primary amides is 1. The molecule has 0 bridgehead atoms. The molecule has 0 aromatic heterocycles. The first-order valence-electron chi connectivity index (χ1n) is 8.66. The maximum Gasteiger partial charge on any atom is 0.312 e. The molecule has 3 amide bonds. The molecule has 0 unspecified atom stereocenters. The second-order valence-electron chi connectivity index (χ2n) is 6.65. The molecular formula is C18H28N4O3. The van der Waals surface area contributed by atoms with Gasteiger partial charge in [-0.3, -0.25) is 9.69 Å². The molecule has 1 aliphatic heterocycles. The van der Waals surface area contributed by atoms with Crippen molar-refractivity contribution in [1.29, 1.82) is 0 Å². The number of rotatable bonds is 6. The number of carbonyl (C=O) groups is 2. The van der Waals surface area contributed by atoms with Crippen molar-refractivity contribution in [3.05, 3.63) is 35.4 Å². The zero-order valence-electron chi connectivity index (χ0n) is 14.9. The Kier molecular flexibility index (Phi) is 6.78. The Bertz CT molecular complexity index is 598. The number of nitrogens with one attached hydrogen (secondary N) is 1. The quantitative estimate of drug-likeness (QED) is 0.702. The van der Waals surface area contributed by atoms with Crippen LogP contribution in [0, 0.1) is 6.92 Å². The minimum Gasteiger partial charge on any atom is -0.392 e. The second-order valence-corrected chi connectivity index (χ2v) is 6.65. The molecule has 2 atom stereocenters. The minimum absolute atomic E-state index is 0.00120. The summed E-state index contributed by atoms with van der Waals surface area (Å²) in [6.45, 7) is 7.08. The van der Waals surface area contributed by atoms with Crippen LogP contribution in [0.1, 0.15) is 30.5 Å². The van der Waals surface area contributed by atoms with Crippen molar-refractivity contribution >= 4 is 11.9 Å². The molecule has 1 saturated heterocycles. The normalized spacial score (nSPS) is 17.8. The zero-order chi connectivity index (χ0) is 18.4. The summed E-state index contributed by atoms with van der Waals surface area (Å²) in [6, 6.07) is 6.60. The molecule has 7 nitrogen and oxygen atoms in total. The van der Waals surface area contributed by atoms with Crippen LogP contribution in [-0.4, -0.2) is 65.7 Å². The number of hydrogen-bond donors (Lipinski definition) is 3. The van der Waals surface area contributed by atoms with E-state index in [4.69, 9.17) is 5.73 Å². The van der Waals surface area contributed by atoms with Crippen molar-refractivity contribution in [2.45, 2.75) is 32.4 Å². The minimum atomic E-state index is -0.636. The molecule has 1 aromatic carbocycles. The van der Waals surface area contributed by atoms with Gasteiger partial charge in [-0.2, -0.15) is 0 Å². The van der Waals surface area contributed by atoms with E-state index in [-0.39, 0.29) is 18.4 Å². The van der Waals surface area contributed by atoms with E-state index in [0.717, 1.165) is 24.2 Å². The van der Waals surface area contributed by atoms with Gasteiger partial charge in [0.15, 0.2) is 0 Å². The molecule has 1 heterocycles. The third-order valence-electron chi connectivity index (χ3n) is 4.51. The largest absolute Gasteiger partial charge is 0.392 e.